The fourth-order valence-electron chi connectivity index (χ4n) is 4.86. The van der Waals surface area contributed by atoms with Crippen LogP contribution in [-0.4, -0.2) is 62.3 Å². The van der Waals surface area contributed by atoms with E-state index in [-0.39, 0.29) is 12.2 Å². The lowest BCUT2D eigenvalue weighted by Gasteiger charge is -2.35. The monoisotopic (exact) mass is 435 g/mol. The minimum Gasteiger partial charge on any atom is -0.373 e. The highest BCUT2D eigenvalue weighted by Gasteiger charge is 2.24. The van der Waals surface area contributed by atoms with Crippen molar-refractivity contribution in [2.45, 2.75) is 51.6 Å². The maximum absolute atomic E-state index is 5.90. The van der Waals surface area contributed by atoms with Crippen LogP contribution in [0.1, 0.15) is 31.4 Å². The molecule has 0 radical (unpaired) electrons. The summed E-state index contributed by atoms with van der Waals surface area (Å²) < 4.78 is 5.90. The van der Waals surface area contributed by atoms with Gasteiger partial charge in [0.1, 0.15) is 0 Å². The van der Waals surface area contributed by atoms with E-state index >= 15 is 0 Å². The van der Waals surface area contributed by atoms with E-state index in [4.69, 9.17) is 4.74 Å². The van der Waals surface area contributed by atoms with Gasteiger partial charge in [-0.25, -0.2) is 0 Å². The van der Waals surface area contributed by atoms with Gasteiger partial charge in [-0.2, -0.15) is 0 Å². The largest absolute Gasteiger partial charge is 0.373 e. The molecular formula is C26H37N5O. The lowest BCUT2D eigenvalue weighted by molar-refractivity contribution is -0.0705. The molecular weight excluding hydrogens is 398 g/mol. The molecule has 172 valence electrons. The van der Waals surface area contributed by atoms with Crippen molar-refractivity contribution in [3.63, 3.8) is 0 Å². The van der Waals surface area contributed by atoms with Gasteiger partial charge in [0.05, 0.1) is 12.2 Å². The first-order chi connectivity index (χ1) is 15.6. The number of benzene rings is 2. The number of guanidine groups is 1. The molecule has 0 aromatic heterocycles. The SMILES string of the molecule is CN=C(NCc1ccccc1CN1CC(C)OC(C)C1)NC1CCN(c2ccccc2)C1. The Balaban J connectivity index is 1.31. The third kappa shape index (κ3) is 6.02. The highest BCUT2D eigenvalue weighted by atomic mass is 16.5. The molecule has 3 atom stereocenters. The van der Waals surface area contributed by atoms with Crippen molar-refractivity contribution in [2.75, 3.05) is 38.1 Å². The molecule has 0 amide bonds. The van der Waals surface area contributed by atoms with E-state index in [1.54, 1.807) is 0 Å². The average molecular weight is 436 g/mol. The van der Waals surface area contributed by atoms with Crippen LogP contribution < -0.4 is 15.5 Å². The molecule has 2 aliphatic rings. The Bertz CT molecular complexity index is 877. The molecule has 0 spiro atoms. The number of hydrogen-bond acceptors (Lipinski definition) is 4. The maximum atomic E-state index is 5.90. The number of morpholine rings is 1. The van der Waals surface area contributed by atoms with Gasteiger partial charge < -0.3 is 20.3 Å². The van der Waals surface area contributed by atoms with Gasteiger partial charge in [-0.05, 0) is 43.5 Å². The first kappa shape index (κ1) is 22.6. The van der Waals surface area contributed by atoms with E-state index in [2.05, 4.69) is 93.9 Å². The van der Waals surface area contributed by atoms with E-state index in [0.29, 0.717) is 6.04 Å². The van der Waals surface area contributed by atoms with Crippen LogP contribution in [0.15, 0.2) is 59.6 Å². The zero-order valence-corrected chi connectivity index (χ0v) is 19.6. The van der Waals surface area contributed by atoms with Gasteiger partial charge in [0.15, 0.2) is 5.96 Å². The summed E-state index contributed by atoms with van der Waals surface area (Å²) in [7, 11) is 1.85. The molecule has 2 heterocycles. The first-order valence-corrected chi connectivity index (χ1v) is 11.8. The molecule has 2 N–H and O–H groups in total. The van der Waals surface area contributed by atoms with Gasteiger partial charge >= 0.3 is 0 Å². The van der Waals surface area contributed by atoms with Crippen LogP contribution in [0.2, 0.25) is 0 Å². The van der Waals surface area contributed by atoms with E-state index < -0.39 is 0 Å². The number of nitrogens with one attached hydrogen (secondary N) is 2. The molecule has 32 heavy (non-hydrogen) atoms. The topological polar surface area (TPSA) is 52.1 Å². The number of anilines is 1. The molecule has 2 fully saturated rings. The zero-order valence-electron chi connectivity index (χ0n) is 19.6. The predicted molar refractivity (Wildman–Crippen MR) is 132 cm³/mol. The summed E-state index contributed by atoms with van der Waals surface area (Å²) >= 11 is 0. The number of ether oxygens (including phenoxy) is 1. The molecule has 2 saturated heterocycles. The lowest BCUT2D eigenvalue weighted by Crippen LogP contribution is -2.45. The fourth-order valence-corrected chi connectivity index (χ4v) is 4.86. The Labute approximate surface area is 192 Å². The van der Waals surface area contributed by atoms with Gasteiger partial charge in [0.25, 0.3) is 0 Å². The van der Waals surface area contributed by atoms with Crippen molar-refractivity contribution in [1.29, 1.82) is 0 Å². The van der Waals surface area contributed by atoms with Crippen molar-refractivity contribution in [2.24, 2.45) is 4.99 Å². The van der Waals surface area contributed by atoms with Gasteiger partial charge in [0.2, 0.25) is 0 Å². The summed E-state index contributed by atoms with van der Waals surface area (Å²) in [6.45, 7) is 10.1. The van der Waals surface area contributed by atoms with E-state index in [1.165, 1.54) is 16.8 Å². The summed E-state index contributed by atoms with van der Waals surface area (Å²) in [5, 5.41) is 7.16. The van der Waals surface area contributed by atoms with Gasteiger partial charge in [-0.15, -0.1) is 0 Å². The molecule has 6 nitrogen and oxygen atoms in total. The van der Waals surface area contributed by atoms with E-state index in [1.807, 2.05) is 7.05 Å². The second-order valence-electron chi connectivity index (χ2n) is 9.06. The minimum atomic E-state index is 0.286. The Morgan fingerprint density at radius 1 is 0.969 bits per heavy atom. The normalized spacial score (nSPS) is 24.5. The van der Waals surface area contributed by atoms with Crippen LogP contribution in [0.5, 0.6) is 0 Å². The van der Waals surface area contributed by atoms with Crippen LogP contribution in [0, 0.1) is 0 Å². The first-order valence-electron chi connectivity index (χ1n) is 11.8. The van der Waals surface area contributed by atoms with Crippen LogP contribution in [0.4, 0.5) is 5.69 Å². The summed E-state index contributed by atoms with van der Waals surface area (Å²) in [6.07, 6.45) is 1.68. The van der Waals surface area contributed by atoms with E-state index in [0.717, 1.165) is 51.6 Å². The van der Waals surface area contributed by atoms with Crippen LogP contribution >= 0.6 is 0 Å². The second-order valence-corrected chi connectivity index (χ2v) is 9.06. The maximum Gasteiger partial charge on any atom is 0.191 e. The minimum absolute atomic E-state index is 0.286. The summed E-state index contributed by atoms with van der Waals surface area (Å²) in [5.41, 5.74) is 3.98. The van der Waals surface area contributed by atoms with Gasteiger partial charge in [-0.3, -0.25) is 9.89 Å². The number of para-hydroxylation sites is 1. The number of aliphatic imine (C=N–C) groups is 1. The summed E-state index contributed by atoms with van der Waals surface area (Å²) in [6, 6.07) is 19.8. The Kier molecular flexibility index (Phi) is 7.66. The summed E-state index contributed by atoms with van der Waals surface area (Å²) in [4.78, 5) is 9.42. The van der Waals surface area contributed by atoms with Crippen molar-refractivity contribution >= 4 is 11.6 Å². The molecule has 0 saturated carbocycles. The second kappa shape index (κ2) is 10.8. The predicted octanol–water partition coefficient (Wildman–Crippen LogP) is 3.24. The third-order valence-corrected chi connectivity index (χ3v) is 6.33. The lowest BCUT2D eigenvalue weighted by atomic mass is 10.1. The smallest absolute Gasteiger partial charge is 0.191 e. The van der Waals surface area contributed by atoms with Gasteiger partial charge in [0, 0.05) is 58.0 Å². The Morgan fingerprint density at radius 2 is 1.66 bits per heavy atom. The zero-order chi connectivity index (χ0) is 22.3. The van der Waals surface area contributed by atoms with Gasteiger partial charge in [-0.1, -0.05) is 42.5 Å². The molecule has 2 aliphatic heterocycles. The van der Waals surface area contributed by atoms with Crippen LogP contribution in [-0.2, 0) is 17.8 Å². The molecule has 3 unspecified atom stereocenters. The molecule has 2 aromatic carbocycles. The number of nitrogens with zero attached hydrogens (tertiary/aromatic N) is 3. The number of rotatable bonds is 6. The Hall–Kier alpha value is -2.57. The van der Waals surface area contributed by atoms with Crippen molar-refractivity contribution < 1.29 is 4.74 Å². The van der Waals surface area contributed by atoms with E-state index in [9.17, 15) is 0 Å². The fraction of sp³-hybridized carbons (Fsp3) is 0.500. The van der Waals surface area contributed by atoms with Crippen molar-refractivity contribution in [3.8, 4) is 0 Å². The van der Waals surface area contributed by atoms with Crippen molar-refractivity contribution in [1.82, 2.24) is 15.5 Å². The van der Waals surface area contributed by atoms with Crippen LogP contribution in [0.3, 0.4) is 0 Å². The van der Waals surface area contributed by atoms with Crippen LogP contribution in [0.25, 0.3) is 0 Å². The Morgan fingerprint density at radius 3 is 2.38 bits per heavy atom. The highest BCUT2D eigenvalue weighted by molar-refractivity contribution is 5.80. The third-order valence-electron chi connectivity index (χ3n) is 6.33. The molecule has 6 heteroatoms. The molecule has 0 bridgehead atoms. The molecule has 2 aromatic rings. The molecule has 4 rings (SSSR count). The van der Waals surface area contributed by atoms with Crippen molar-refractivity contribution in [3.05, 3.63) is 65.7 Å². The number of hydrogen-bond donors (Lipinski definition) is 2. The molecule has 0 aliphatic carbocycles. The quantitative estimate of drug-likeness (QED) is 0.539. The standard InChI is InChI=1S/C26H37N5O/c1-20-16-30(17-21(2)32-20)18-23-10-8-7-9-22(23)15-28-26(27-3)29-24-13-14-31(19-24)25-11-5-4-6-12-25/h4-12,20-21,24H,13-19H2,1-3H3,(H2,27,28,29). The summed E-state index contributed by atoms with van der Waals surface area (Å²) in [5.74, 6) is 0.869. The highest BCUT2D eigenvalue weighted by Crippen LogP contribution is 2.20. The average Bonchev–Trinajstić information content (AvgIpc) is 3.26.